The Bertz CT molecular complexity index is 1100. The normalized spacial score (nSPS) is 10.5. The Balaban J connectivity index is 1.84. The van der Waals surface area contributed by atoms with Crippen molar-refractivity contribution in [2.75, 3.05) is 26.6 Å². The first kappa shape index (κ1) is 21.9. The van der Waals surface area contributed by atoms with E-state index in [0.29, 0.717) is 34.2 Å². The molecule has 31 heavy (non-hydrogen) atoms. The molecule has 8 heteroatoms. The van der Waals surface area contributed by atoms with Crippen LogP contribution in [0.5, 0.6) is 17.2 Å². The van der Waals surface area contributed by atoms with Gasteiger partial charge in [-0.3, -0.25) is 9.59 Å². The Kier molecular flexibility index (Phi) is 6.92. The van der Waals surface area contributed by atoms with Gasteiger partial charge in [-0.2, -0.15) is 5.10 Å². The molecule has 0 bridgehead atoms. The topological polar surface area (TPSA) is 91.7 Å². The van der Waals surface area contributed by atoms with Crippen LogP contribution in [-0.2, 0) is 17.8 Å². The van der Waals surface area contributed by atoms with Crippen LogP contribution in [0.4, 0.5) is 5.69 Å². The van der Waals surface area contributed by atoms with Crippen LogP contribution in [-0.4, -0.2) is 37.0 Å². The number of hydrogen-bond donors (Lipinski definition) is 1. The van der Waals surface area contributed by atoms with Crippen LogP contribution in [0.25, 0.3) is 0 Å². The molecule has 2 aromatic carbocycles. The van der Waals surface area contributed by atoms with Crippen molar-refractivity contribution in [3.63, 3.8) is 0 Å². The third-order valence-corrected chi connectivity index (χ3v) is 4.73. The summed E-state index contributed by atoms with van der Waals surface area (Å²) >= 11 is 0. The van der Waals surface area contributed by atoms with Gasteiger partial charge in [0.05, 0.1) is 27.0 Å². The summed E-state index contributed by atoms with van der Waals surface area (Å²) in [5, 5.41) is 6.99. The van der Waals surface area contributed by atoms with Crippen LogP contribution in [0.2, 0.25) is 0 Å². The molecule has 1 heterocycles. The predicted octanol–water partition coefficient (Wildman–Crippen LogP) is 2.81. The highest BCUT2D eigenvalue weighted by Crippen LogP contribution is 2.30. The van der Waals surface area contributed by atoms with Gasteiger partial charge in [0.15, 0.2) is 0 Å². The molecule has 0 saturated carbocycles. The molecule has 0 aliphatic heterocycles. The van der Waals surface area contributed by atoms with Crippen molar-refractivity contribution in [1.82, 2.24) is 9.78 Å². The number of anilines is 1. The Morgan fingerprint density at radius 2 is 1.65 bits per heavy atom. The van der Waals surface area contributed by atoms with Crippen LogP contribution in [0.15, 0.2) is 53.3 Å². The van der Waals surface area contributed by atoms with Gasteiger partial charge < -0.3 is 19.5 Å². The molecule has 162 valence electrons. The molecular formula is C23H25N3O5. The minimum Gasteiger partial charge on any atom is -0.497 e. The summed E-state index contributed by atoms with van der Waals surface area (Å²) in [5.74, 6) is 1.58. The highest BCUT2D eigenvalue weighted by Gasteiger charge is 2.16. The van der Waals surface area contributed by atoms with E-state index in [2.05, 4.69) is 10.4 Å². The molecule has 0 saturated heterocycles. The molecular weight excluding hydrogens is 398 g/mol. The number of benzene rings is 2. The highest BCUT2D eigenvalue weighted by atomic mass is 16.5. The maximum absolute atomic E-state index is 13.0. The summed E-state index contributed by atoms with van der Waals surface area (Å²) in [6, 6.07) is 14.1. The first-order valence-electron chi connectivity index (χ1n) is 9.66. The summed E-state index contributed by atoms with van der Waals surface area (Å²) in [6.45, 7) is 1.57. The lowest BCUT2D eigenvalue weighted by Gasteiger charge is -2.14. The molecule has 1 N–H and O–H groups in total. The second-order valence-corrected chi connectivity index (χ2v) is 6.87. The van der Waals surface area contributed by atoms with Gasteiger partial charge in [0.2, 0.25) is 5.91 Å². The largest absolute Gasteiger partial charge is 0.497 e. The van der Waals surface area contributed by atoms with E-state index in [1.807, 2.05) is 18.2 Å². The molecule has 3 aromatic rings. The molecule has 0 spiro atoms. The van der Waals surface area contributed by atoms with Crippen LogP contribution < -0.4 is 25.1 Å². The summed E-state index contributed by atoms with van der Waals surface area (Å²) in [5.41, 5.74) is 2.13. The van der Waals surface area contributed by atoms with Crippen LogP contribution >= 0.6 is 0 Å². The fraction of sp³-hybridized carbons (Fsp3) is 0.261. The van der Waals surface area contributed by atoms with Crippen molar-refractivity contribution >= 4 is 11.6 Å². The lowest BCUT2D eigenvalue weighted by molar-refractivity contribution is -0.117. The number of hydrogen-bond acceptors (Lipinski definition) is 6. The zero-order chi connectivity index (χ0) is 22.4. The van der Waals surface area contributed by atoms with E-state index in [1.165, 1.54) is 4.68 Å². The molecule has 1 aromatic heterocycles. The number of methoxy groups -OCH3 is 3. The van der Waals surface area contributed by atoms with Gasteiger partial charge in [-0.25, -0.2) is 4.68 Å². The number of rotatable bonds is 8. The number of aromatic nitrogens is 2. The smallest absolute Gasteiger partial charge is 0.270 e. The van der Waals surface area contributed by atoms with E-state index in [1.54, 1.807) is 58.6 Å². The molecule has 0 aliphatic carbocycles. The van der Waals surface area contributed by atoms with Crippen molar-refractivity contribution < 1.29 is 19.0 Å². The van der Waals surface area contributed by atoms with E-state index in [0.717, 1.165) is 5.56 Å². The van der Waals surface area contributed by atoms with Gasteiger partial charge in [-0.15, -0.1) is 0 Å². The van der Waals surface area contributed by atoms with Crippen molar-refractivity contribution in [3.8, 4) is 17.2 Å². The zero-order valence-corrected chi connectivity index (χ0v) is 18.0. The second kappa shape index (κ2) is 9.80. The third-order valence-electron chi connectivity index (χ3n) is 4.73. The lowest BCUT2D eigenvalue weighted by Crippen LogP contribution is -2.32. The maximum atomic E-state index is 13.0. The molecule has 1 amide bonds. The molecule has 0 atom stereocenters. The Morgan fingerprint density at radius 3 is 2.23 bits per heavy atom. The van der Waals surface area contributed by atoms with Gasteiger partial charge in [0.25, 0.3) is 5.56 Å². The number of amides is 1. The van der Waals surface area contributed by atoms with Crippen LogP contribution in [0, 0.1) is 6.92 Å². The maximum Gasteiger partial charge on any atom is 0.270 e. The number of carbonyl (C=O) groups is 1. The minimum atomic E-state index is -0.355. The van der Waals surface area contributed by atoms with Gasteiger partial charge in [0, 0.05) is 23.2 Å². The van der Waals surface area contributed by atoms with Gasteiger partial charge in [-0.05, 0) is 49.4 Å². The first-order valence-corrected chi connectivity index (χ1v) is 9.66. The number of nitrogens with one attached hydrogen (secondary N) is 1. The zero-order valence-electron chi connectivity index (χ0n) is 18.0. The van der Waals surface area contributed by atoms with E-state index < -0.39 is 0 Å². The first-order chi connectivity index (χ1) is 14.9. The minimum absolute atomic E-state index is 0.206. The van der Waals surface area contributed by atoms with E-state index >= 15 is 0 Å². The molecule has 3 rings (SSSR count). The van der Waals surface area contributed by atoms with Crippen molar-refractivity contribution in [2.24, 2.45) is 0 Å². The fourth-order valence-electron chi connectivity index (χ4n) is 3.28. The second-order valence-electron chi connectivity index (χ2n) is 6.87. The molecule has 8 nitrogen and oxygen atoms in total. The molecule has 0 aliphatic rings. The Hall–Kier alpha value is -3.81. The SMILES string of the molecule is COc1ccc(NC(=O)Cn2nc(C)cc(Cc3c(OC)cccc3OC)c2=O)cc1. The fourth-order valence-corrected chi connectivity index (χ4v) is 3.28. The number of carbonyl (C=O) groups excluding carboxylic acids is 1. The Morgan fingerprint density at radius 1 is 1.00 bits per heavy atom. The van der Waals surface area contributed by atoms with E-state index in [4.69, 9.17) is 14.2 Å². The predicted molar refractivity (Wildman–Crippen MR) is 117 cm³/mol. The lowest BCUT2D eigenvalue weighted by atomic mass is 10.0. The monoisotopic (exact) mass is 423 g/mol. The van der Waals surface area contributed by atoms with Gasteiger partial charge in [0.1, 0.15) is 23.8 Å². The average Bonchev–Trinajstić information content (AvgIpc) is 2.77. The number of ether oxygens (including phenoxy) is 3. The molecule has 0 unspecified atom stereocenters. The Labute approximate surface area is 180 Å². The number of aryl methyl sites for hydroxylation is 1. The summed E-state index contributed by atoms with van der Waals surface area (Å²) < 4.78 is 17.1. The van der Waals surface area contributed by atoms with Gasteiger partial charge >= 0.3 is 0 Å². The summed E-state index contributed by atoms with van der Waals surface area (Å²) in [4.78, 5) is 25.5. The van der Waals surface area contributed by atoms with Crippen molar-refractivity contribution in [1.29, 1.82) is 0 Å². The van der Waals surface area contributed by atoms with Crippen molar-refractivity contribution in [3.05, 3.63) is 75.7 Å². The van der Waals surface area contributed by atoms with Crippen LogP contribution in [0.3, 0.4) is 0 Å². The average molecular weight is 423 g/mol. The van der Waals surface area contributed by atoms with E-state index in [-0.39, 0.29) is 24.4 Å². The third kappa shape index (κ3) is 5.22. The number of nitrogens with zero attached hydrogens (tertiary/aromatic N) is 2. The quantitative estimate of drug-likeness (QED) is 0.599. The summed E-state index contributed by atoms with van der Waals surface area (Å²) in [6.07, 6.45) is 0.287. The standard InChI is InChI=1S/C23H25N3O5/c1-15-12-16(13-19-20(30-3)6-5-7-21(19)31-4)23(28)26(25-15)14-22(27)24-17-8-10-18(29-2)11-9-17/h5-12H,13-14H2,1-4H3,(H,24,27). The van der Waals surface area contributed by atoms with Crippen LogP contribution in [0.1, 0.15) is 16.8 Å². The highest BCUT2D eigenvalue weighted by molar-refractivity contribution is 5.90. The molecule has 0 radical (unpaired) electrons. The summed E-state index contributed by atoms with van der Waals surface area (Å²) in [7, 11) is 4.71. The van der Waals surface area contributed by atoms with Crippen molar-refractivity contribution in [2.45, 2.75) is 19.9 Å². The van der Waals surface area contributed by atoms with Gasteiger partial charge in [-0.1, -0.05) is 6.07 Å². The van der Waals surface area contributed by atoms with E-state index in [9.17, 15) is 9.59 Å². The molecule has 0 fully saturated rings.